The van der Waals surface area contributed by atoms with Crippen molar-refractivity contribution in [2.45, 2.75) is 77.7 Å². The van der Waals surface area contributed by atoms with Gasteiger partial charge in [0.1, 0.15) is 18.1 Å². The molecule has 0 saturated heterocycles. The molecule has 1 fully saturated rings. The summed E-state index contributed by atoms with van der Waals surface area (Å²) in [6.07, 6.45) is 9.47. The van der Waals surface area contributed by atoms with Crippen molar-refractivity contribution < 1.29 is 28.9 Å². The van der Waals surface area contributed by atoms with Crippen LogP contribution in [-0.4, -0.2) is 61.5 Å². The summed E-state index contributed by atoms with van der Waals surface area (Å²) in [6.45, 7) is 5.55. The SMILES string of the molecule is CCOC(Cc1ccc(OCCN(CCCCC2CCCCC2)C(=O)Nc2cc(C)ccc2OC)cc1)C(=O)O. The van der Waals surface area contributed by atoms with Crippen LogP contribution in [0.2, 0.25) is 0 Å². The summed E-state index contributed by atoms with van der Waals surface area (Å²) in [5.41, 5.74) is 2.56. The number of unbranched alkanes of at least 4 members (excludes halogenated alkanes) is 1. The number of nitrogens with one attached hydrogen (secondary N) is 1. The van der Waals surface area contributed by atoms with E-state index in [2.05, 4.69) is 5.32 Å². The Morgan fingerprint density at radius 2 is 1.80 bits per heavy atom. The van der Waals surface area contributed by atoms with Crippen molar-refractivity contribution >= 4 is 17.7 Å². The smallest absolute Gasteiger partial charge is 0.333 e. The average Bonchev–Trinajstić information content (AvgIpc) is 2.95. The number of hydrogen-bond acceptors (Lipinski definition) is 5. The minimum Gasteiger partial charge on any atom is -0.495 e. The zero-order valence-corrected chi connectivity index (χ0v) is 24.3. The molecule has 1 aliphatic carbocycles. The molecular weight excluding hydrogens is 508 g/mol. The second-order valence-corrected chi connectivity index (χ2v) is 10.6. The lowest BCUT2D eigenvalue weighted by atomic mass is 9.86. The minimum atomic E-state index is -0.970. The van der Waals surface area contributed by atoms with Gasteiger partial charge in [0.25, 0.3) is 0 Å². The molecule has 2 aromatic carbocycles. The molecule has 220 valence electrons. The normalized spacial score (nSPS) is 14.4. The molecule has 0 aromatic heterocycles. The number of hydrogen-bond donors (Lipinski definition) is 2. The van der Waals surface area contributed by atoms with E-state index in [1.807, 2.05) is 54.3 Å². The first-order valence-electron chi connectivity index (χ1n) is 14.7. The van der Waals surface area contributed by atoms with E-state index in [9.17, 15) is 14.7 Å². The van der Waals surface area contributed by atoms with Crippen molar-refractivity contribution in [3.05, 3.63) is 53.6 Å². The maximum atomic E-state index is 13.3. The number of carboxylic acid groups (broad SMARTS) is 1. The summed E-state index contributed by atoms with van der Waals surface area (Å²) in [7, 11) is 1.60. The van der Waals surface area contributed by atoms with Crippen LogP contribution < -0.4 is 14.8 Å². The van der Waals surface area contributed by atoms with Crippen LogP contribution in [0.5, 0.6) is 11.5 Å². The van der Waals surface area contributed by atoms with Gasteiger partial charge in [0.2, 0.25) is 0 Å². The Balaban J connectivity index is 1.56. The zero-order chi connectivity index (χ0) is 28.7. The number of nitrogens with zero attached hydrogens (tertiary/aromatic N) is 1. The molecule has 0 spiro atoms. The van der Waals surface area contributed by atoms with Gasteiger partial charge in [-0.3, -0.25) is 0 Å². The maximum absolute atomic E-state index is 13.3. The topological polar surface area (TPSA) is 97.3 Å². The van der Waals surface area contributed by atoms with Crippen molar-refractivity contribution in [1.29, 1.82) is 0 Å². The molecule has 0 radical (unpaired) electrons. The molecule has 2 N–H and O–H groups in total. The second-order valence-electron chi connectivity index (χ2n) is 10.6. The highest BCUT2D eigenvalue weighted by Gasteiger charge is 2.19. The number of carboxylic acids is 1. The van der Waals surface area contributed by atoms with Gasteiger partial charge in [0.05, 0.1) is 19.3 Å². The molecule has 2 aromatic rings. The molecule has 1 atom stereocenters. The van der Waals surface area contributed by atoms with Gasteiger partial charge < -0.3 is 29.5 Å². The molecule has 0 bridgehead atoms. The summed E-state index contributed by atoms with van der Waals surface area (Å²) < 4.78 is 16.7. The van der Waals surface area contributed by atoms with Gasteiger partial charge in [-0.2, -0.15) is 0 Å². The van der Waals surface area contributed by atoms with E-state index >= 15 is 0 Å². The first kappa shape index (κ1) is 31.3. The molecule has 40 heavy (non-hydrogen) atoms. The Morgan fingerprint density at radius 3 is 2.48 bits per heavy atom. The molecule has 1 aliphatic rings. The number of carbonyl (C=O) groups excluding carboxylic acids is 1. The number of aliphatic carboxylic acids is 1. The average molecular weight is 555 g/mol. The van der Waals surface area contributed by atoms with Gasteiger partial charge in [0, 0.05) is 19.6 Å². The molecule has 1 saturated carbocycles. The Hall–Kier alpha value is -3.26. The van der Waals surface area contributed by atoms with Crippen LogP contribution in [0.3, 0.4) is 0 Å². The molecule has 2 amide bonds. The van der Waals surface area contributed by atoms with Gasteiger partial charge in [-0.15, -0.1) is 0 Å². The van der Waals surface area contributed by atoms with Crippen LogP contribution in [0.25, 0.3) is 0 Å². The Morgan fingerprint density at radius 1 is 1.05 bits per heavy atom. The van der Waals surface area contributed by atoms with E-state index in [0.717, 1.165) is 29.9 Å². The number of methoxy groups -OCH3 is 1. The number of aryl methyl sites for hydroxylation is 1. The van der Waals surface area contributed by atoms with E-state index < -0.39 is 12.1 Å². The van der Waals surface area contributed by atoms with Crippen LogP contribution in [0.15, 0.2) is 42.5 Å². The third-order valence-electron chi connectivity index (χ3n) is 7.52. The van der Waals surface area contributed by atoms with Crippen LogP contribution in [0.4, 0.5) is 10.5 Å². The van der Waals surface area contributed by atoms with Crippen molar-refractivity contribution in [2.75, 3.05) is 38.7 Å². The molecule has 1 unspecified atom stereocenters. The number of urea groups is 1. The summed E-state index contributed by atoms with van der Waals surface area (Å²) in [4.78, 5) is 26.5. The predicted molar refractivity (Wildman–Crippen MR) is 157 cm³/mol. The van der Waals surface area contributed by atoms with Gasteiger partial charge >= 0.3 is 12.0 Å². The highest BCUT2D eigenvalue weighted by Crippen LogP contribution is 2.28. The Labute approximate surface area is 239 Å². The first-order chi connectivity index (χ1) is 19.4. The fraction of sp³-hybridized carbons (Fsp3) is 0.562. The fourth-order valence-corrected chi connectivity index (χ4v) is 5.27. The number of ether oxygens (including phenoxy) is 3. The van der Waals surface area contributed by atoms with E-state index in [1.54, 1.807) is 14.0 Å². The van der Waals surface area contributed by atoms with Crippen LogP contribution in [-0.2, 0) is 16.0 Å². The van der Waals surface area contributed by atoms with E-state index in [-0.39, 0.29) is 6.03 Å². The summed E-state index contributed by atoms with van der Waals surface area (Å²) >= 11 is 0. The van der Waals surface area contributed by atoms with Gasteiger partial charge in [-0.05, 0) is 61.6 Å². The minimum absolute atomic E-state index is 0.170. The Kier molecular flexibility index (Phi) is 13.1. The van der Waals surface area contributed by atoms with Crippen LogP contribution in [0.1, 0.15) is 69.4 Å². The lowest BCUT2D eigenvalue weighted by Crippen LogP contribution is -2.38. The van der Waals surface area contributed by atoms with E-state index in [4.69, 9.17) is 14.2 Å². The molecule has 3 rings (SSSR count). The number of rotatable bonds is 16. The standard InChI is InChI=1S/C32H46N2O6/c1-4-39-30(31(35)36)23-26-14-16-27(17-15-26)40-21-20-34(19-9-8-12-25-10-6-5-7-11-25)32(37)33-28-22-24(2)13-18-29(28)38-3/h13-18,22,25,30H,4-12,19-21,23H2,1-3H3,(H,33,37)(H,35,36). The first-order valence-corrected chi connectivity index (χ1v) is 14.7. The predicted octanol–water partition coefficient (Wildman–Crippen LogP) is 6.70. The van der Waals surface area contributed by atoms with E-state index in [0.29, 0.717) is 49.9 Å². The van der Waals surface area contributed by atoms with Gasteiger partial charge in [-0.25, -0.2) is 9.59 Å². The Bertz CT molecular complexity index is 1050. The lowest BCUT2D eigenvalue weighted by Gasteiger charge is -2.25. The molecule has 0 aliphatic heterocycles. The zero-order valence-electron chi connectivity index (χ0n) is 24.3. The van der Waals surface area contributed by atoms with Gasteiger partial charge in [-0.1, -0.05) is 63.1 Å². The molecule has 8 heteroatoms. The summed E-state index contributed by atoms with van der Waals surface area (Å²) in [5, 5.41) is 12.4. The van der Waals surface area contributed by atoms with Crippen LogP contribution in [0, 0.1) is 12.8 Å². The molecule has 0 heterocycles. The summed E-state index contributed by atoms with van der Waals surface area (Å²) in [5.74, 6) is 1.16. The highest BCUT2D eigenvalue weighted by atomic mass is 16.5. The molecular formula is C32H46N2O6. The monoisotopic (exact) mass is 554 g/mol. The third kappa shape index (κ3) is 10.4. The second kappa shape index (κ2) is 16.8. The lowest BCUT2D eigenvalue weighted by molar-refractivity contribution is -0.149. The number of amides is 2. The van der Waals surface area contributed by atoms with Crippen molar-refractivity contribution in [3.8, 4) is 11.5 Å². The quantitative estimate of drug-likeness (QED) is 0.224. The third-order valence-corrected chi connectivity index (χ3v) is 7.52. The highest BCUT2D eigenvalue weighted by molar-refractivity contribution is 5.91. The number of benzene rings is 2. The maximum Gasteiger partial charge on any atom is 0.333 e. The fourth-order valence-electron chi connectivity index (χ4n) is 5.27. The van der Waals surface area contributed by atoms with Crippen molar-refractivity contribution in [2.24, 2.45) is 5.92 Å². The molecule has 8 nitrogen and oxygen atoms in total. The number of anilines is 1. The van der Waals surface area contributed by atoms with Crippen molar-refractivity contribution in [1.82, 2.24) is 4.90 Å². The van der Waals surface area contributed by atoms with Gasteiger partial charge in [0.15, 0.2) is 6.10 Å². The summed E-state index contributed by atoms with van der Waals surface area (Å²) in [6, 6.07) is 12.9. The number of carbonyl (C=O) groups is 2. The largest absolute Gasteiger partial charge is 0.495 e. The van der Waals surface area contributed by atoms with E-state index in [1.165, 1.54) is 38.5 Å². The van der Waals surface area contributed by atoms with Crippen molar-refractivity contribution in [3.63, 3.8) is 0 Å². The van der Waals surface area contributed by atoms with Crippen LogP contribution >= 0.6 is 0 Å².